The van der Waals surface area contributed by atoms with Crippen LogP contribution in [0.15, 0.2) is 18.2 Å². The second-order valence-corrected chi connectivity index (χ2v) is 6.64. The molecule has 0 aromatic heterocycles. The number of nitrogens with one attached hydrogen (secondary N) is 2. The summed E-state index contributed by atoms with van der Waals surface area (Å²) in [6.07, 6.45) is 0.117. The van der Waals surface area contributed by atoms with Crippen molar-refractivity contribution in [3.8, 4) is 5.75 Å². The van der Waals surface area contributed by atoms with Gasteiger partial charge in [-0.1, -0.05) is 6.07 Å². The predicted octanol–water partition coefficient (Wildman–Crippen LogP) is -0.00880. The number of hydrogen-bond acceptors (Lipinski definition) is 6. The summed E-state index contributed by atoms with van der Waals surface area (Å²) in [6.45, 7) is 3.30. The average molecular weight is 373 g/mol. The highest BCUT2D eigenvalue weighted by molar-refractivity contribution is 6.24. The molecule has 0 bridgehead atoms. The maximum atomic E-state index is 12.8. The molecule has 0 saturated carbocycles. The standard InChI is InChI=1S/C18H19N3O6/c1-9(2)19-14(23)8-27-12-5-3-4-10-15(12)18(26)21(17(10)25)11-6-7-13(22)20-16(11)24/h3-5,9,11H,6-8H2,1-2H3,(H,19,23)(H,20,22,24). The fourth-order valence-corrected chi connectivity index (χ4v) is 3.11. The first-order valence-corrected chi connectivity index (χ1v) is 8.56. The summed E-state index contributed by atoms with van der Waals surface area (Å²) >= 11 is 0. The Morgan fingerprint density at radius 2 is 2.00 bits per heavy atom. The summed E-state index contributed by atoms with van der Waals surface area (Å²) in [6, 6.07) is 3.37. The lowest BCUT2D eigenvalue weighted by Gasteiger charge is -2.27. The van der Waals surface area contributed by atoms with E-state index in [1.807, 2.05) is 0 Å². The molecule has 0 spiro atoms. The Labute approximate surface area is 155 Å². The van der Waals surface area contributed by atoms with Crippen molar-refractivity contribution >= 4 is 29.5 Å². The minimum atomic E-state index is -1.05. The number of hydrogen-bond donors (Lipinski definition) is 2. The lowest BCUT2D eigenvalue weighted by atomic mass is 10.0. The van der Waals surface area contributed by atoms with Crippen LogP contribution in [0.3, 0.4) is 0 Å². The lowest BCUT2D eigenvalue weighted by molar-refractivity contribution is -0.136. The molecular formula is C18H19N3O6. The Hall–Kier alpha value is -3.23. The fraction of sp³-hybridized carbons (Fsp3) is 0.389. The number of imide groups is 2. The van der Waals surface area contributed by atoms with E-state index in [1.165, 1.54) is 18.2 Å². The van der Waals surface area contributed by atoms with Gasteiger partial charge in [0.15, 0.2) is 6.61 Å². The fourth-order valence-electron chi connectivity index (χ4n) is 3.11. The van der Waals surface area contributed by atoms with Gasteiger partial charge in [-0.05, 0) is 32.4 Å². The van der Waals surface area contributed by atoms with Crippen LogP contribution in [0.2, 0.25) is 0 Å². The van der Waals surface area contributed by atoms with E-state index in [9.17, 15) is 24.0 Å². The Kier molecular flexibility index (Phi) is 4.93. The summed E-state index contributed by atoms with van der Waals surface area (Å²) < 4.78 is 5.44. The second-order valence-electron chi connectivity index (χ2n) is 6.64. The first-order valence-electron chi connectivity index (χ1n) is 8.56. The predicted molar refractivity (Wildman–Crippen MR) is 91.9 cm³/mol. The van der Waals surface area contributed by atoms with E-state index in [2.05, 4.69) is 10.6 Å². The first kappa shape index (κ1) is 18.6. The largest absolute Gasteiger partial charge is 0.483 e. The molecule has 0 aliphatic carbocycles. The summed E-state index contributed by atoms with van der Waals surface area (Å²) in [4.78, 5) is 61.5. The van der Waals surface area contributed by atoms with Gasteiger partial charge in [0.2, 0.25) is 11.8 Å². The van der Waals surface area contributed by atoms with E-state index in [1.54, 1.807) is 13.8 Å². The minimum absolute atomic E-state index is 0.0181. The Balaban J connectivity index is 1.83. The molecule has 1 aromatic rings. The number of carbonyl (C=O) groups excluding carboxylic acids is 5. The van der Waals surface area contributed by atoms with Crippen LogP contribution < -0.4 is 15.4 Å². The maximum Gasteiger partial charge on any atom is 0.266 e. The third kappa shape index (κ3) is 3.53. The van der Waals surface area contributed by atoms with Crippen LogP contribution in [0.4, 0.5) is 0 Å². The molecule has 1 fully saturated rings. The van der Waals surface area contributed by atoms with Gasteiger partial charge in [0.05, 0.1) is 11.1 Å². The Morgan fingerprint density at radius 3 is 2.67 bits per heavy atom. The van der Waals surface area contributed by atoms with Crippen molar-refractivity contribution in [3.63, 3.8) is 0 Å². The van der Waals surface area contributed by atoms with Gasteiger partial charge in [-0.3, -0.25) is 34.2 Å². The van der Waals surface area contributed by atoms with Crippen LogP contribution in [0.25, 0.3) is 0 Å². The average Bonchev–Trinajstić information content (AvgIpc) is 2.85. The van der Waals surface area contributed by atoms with Gasteiger partial charge in [-0.15, -0.1) is 0 Å². The van der Waals surface area contributed by atoms with Gasteiger partial charge in [0.25, 0.3) is 17.7 Å². The number of benzene rings is 1. The van der Waals surface area contributed by atoms with Crippen molar-refractivity contribution < 1.29 is 28.7 Å². The molecule has 1 saturated heterocycles. The zero-order valence-electron chi connectivity index (χ0n) is 14.9. The van der Waals surface area contributed by atoms with Crippen LogP contribution in [-0.2, 0) is 14.4 Å². The zero-order chi connectivity index (χ0) is 19.7. The van der Waals surface area contributed by atoms with E-state index >= 15 is 0 Å². The van der Waals surface area contributed by atoms with Gasteiger partial charge in [-0.25, -0.2) is 0 Å². The van der Waals surface area contributed by atoms with E-state index in [4.69, 9.17) is 4.74 Å². The van der Waals surface area contributed by atoms with Crippen molar-refractivity contribution in [2.45, 2.75) is 38.8 Å². The Bertz CT molecular complexity index is 847. The topological polar surface area (TPSA) is 122 Å². The number of ether oxygens (including phenoxy) is 1. The molecule has 2 N–H and O–H groups in total. The molecule has 27 heavy (non-hydrogen) atoms. The molecule has 1 atom stereocenters. The highest BCUT2D eigenvalue weighted by Crippen LogP contribution is 2.33. The van der Waals surface area contributed by atoms with Crippen LogP contribution >= 0.6 is 0 Å². The van der Waals surface area contributed by atoms with E-state index in [0.717, 1.165) is 4.90 Å². The van der Waals surface area contributed by atoms with Crippen molar-refractivity contribution in [2.75, 3.05) is 6.61 Å². The maximum absolute atomic E-state index is 12.8. The smallest absolute Gasteiger partial charge is 0.266 e. The third-order valence-corrected chi connectivity index (χ3v) is 4.24. The van der Waals surface area contributed by atoms with Gasteiger partial charge < -0.3 is 10.1 Å². The Morgan fingerprint density at radius 1 is 1.26 bits per heavy atom. The molecule has 1 aromatic carbocycles. The zero-order valence-corrected chi connectivity index (χ0v) is 14.9. The third-order valence-electron chi connectivity index (χ3n) is 4.24. The van der Waals surface area contributed by atoms with Gasteiger partial charge >= 0.3 is 0 Å². The number of amides is 5. The molecule has 2 aliphatic rings. The van der Waals surface area contributed by atoms with Gasteiger partial charge in [0.1, 0.15) is 11.8 Å². The van der Waals surface area contributed by atoms with E-state index in [0.29, 0.717) is 0 Å². The molecule has 142 valence electrons. The van der Waals surface area contributed by atoms with E-state index in [-0.39, 0.29) is 48.3 Å². The quantitative estimate of drug-likeness (QED) is 0.700. The SMILES string of the molecule is CC(C)NC(=O)COc1cccc2c1C(=O)N(C1CCC(=O)NC1=O)C2=O. The molecule has 0 radical (unpaired) electrons. The summed E-state index contributed by atoms with van der Waals surface area (Å²) in [7, 11) is 0. The second kappa shape index (κ2) is 7.18. The van der Waals surface area contributed by atoms with Crippen LogP contribution in [0.1, 0.15) is 47.4 Å². The molecular weight excluding hydrogens is 354 g/mol. The van der Waals surface area contributed by atoms with E-state index < -0.39 is 29.7 Å². The molecule has 9 nitrogen and oxygen atoms in total. The minimum Gasteiger partial charge on any atom is -0.483 e. The van der Waals surface area contributed by atoms with Crippen LogP contribution in [0, 0.1) is 0 Å². The highest BCUT2D eigenvalue weighted by Gasteiger charge is 2.46. The molecule has 2 heterocycles. The molecule has 3 rings (SSSR count). The van der Waals surface area contributed by atoms with Crippen molar-refractivity contribution in [3.05, 3.63) is 29.3 Å². The molecule has 5 amide bonds. The molecule has 9 heteroatoms. The van der Waals surface area contributed by atoms with Crippen molar-refractivity contribution in [2.24, 2.45) is 0 Å². The number of nitrogens with zero attached hydrogens (tertiary/aromatic N) is 1. The summed E-state index contributed by atoms with van der Waals surface area (Å²) in [5, 5.41) is 4.80. The number of rotatable bonds is 5. The monoisotopic (exact) mass is 373 g/mol. The van der Waals surface area contributed by atoms with Crippen molar-refractivity contribution in [1.29, 1.82) is 0 Å². The lowest BCUT2D eigenvalue weighted by Crippen LogP contribution is -2.54. The van der Waals surface area contributed by atoms with Gasteiger partial charge in [-0.2, -0.15) is 0 Å². The van der Waals surface area contributed by atoms with Crippen LogP contribution in [0.5, 0.6) is 5.75 Å². The van der Waals surface area contributed by atoms with Crippen LogP contribution in [-0.4, -0.2) is 53.1 Å². The number of piperidine rings is 1. The van der Waals surface area contributed by atoms with Gasteiger partial charge in [0, 0.05) is 12.5 Å². The summed E-state index contributed by atoms with van der Waals surface area (Å²) in [5.41, 5.74) is 0.121. The normalized spacial score (nSPS) is 19.2. The number of carbonyl (C=O) groups is 5. The summed E-state index contributed by atoms with van der Waals surface area (Å²) in [5.74, 6) is -2.68. The highest BCUT2D eigenvalue weighted by atomic mass is 16.5. The number of fused-ring (bicyclic) bond motifs is 1. The molecule has 1 unspecified atom stereocenters. The molecule has 2 aliphatic heterocycles. The van der Waals surface area contributed by atoms with Crippen molar-refractivity contribution in [1.82, 2.24) is 15.5 Å². The first-order chi connectivity index (χ1) is 12.8.